The topological polar surface area (TPSA) is 47.6 Å². The number of allylic oxidation sites excluding steroid dienone is 1. The van der Waals surface area contributed by atoms with Crippen LogP contribution in [0.5, 0.6) is 11.5 Å². The van der Waals surface area contributed by atoms with Gasteiger partial charge >= 0.3 is 0 Å². The SMILES string of the molecule is Cc1ccccc1N/C=C\C(=O)c1ccc2c(c1)OCO2. The van der Waals surface area contributed by atoms with Crippen molar-refractivity contribution in [2.75, 3.05) is 12.1 Å². The monoisotopic (exact) mass is 281 g/mol. The van der Waals surface area contributed by atoms with Gasteiger partial charge in [-0.25, -0.2) is 0 Å². The van der Waals surface area contributed by atoms with Gasteiger partial charge in [0, 0.05) is 23.5 Å². The molecule has 1 heterocycles. The third kappa shape index (κ3) is 2.89. The quantitative estimate of drug-likeness (QED) is 0.688. The molecule has 0 radical (unpaired) electrons. The van der Waals surface area contributed by atoms with E-state index in [-0.39, 0.29) is 12.6 Å². The highest BCUT2D eigenvalue weighted by Crippen LogP contribution is 2.32. The zero-order chi connectivity index (χ0) is 14.7. The van der Waals surface area contributed by atoms with Gasteiger partial charge in [-0.2, -0.15) is 0 Å². The zero-order valence-electron chi connectivity index (χ0n) is 11.6. The molecule has 0 saturated carbocycles. The minimum atomic E-state index is -0.0885. The van der Waals surface area contributed by atoms with Gasteiger partial charge in [0.1, 0.15) is 0 Å². The van der Waals surface area contributed by atoms with Gasteiger partial charge in [0.2, 0.25) is 6.79 Å². The Morgan fingerprint density at radius 1 is 1.14 bits per heavy atom. The van der Waals surface area contributed by atoms with Crippen molar-refractivity contribution in [3.63, 3.8) is 0 Å². The Bertz CT molecular complexity index is 707. The molecule has 0 aliphatic carbocycles. The van der Waals surface area contributed by atoms with Crippen molar-refractivity contribution in [2.45, 2.75) is 6.92 Å². The maximum Gasteiger partial charge on any atom is 0.231 e. The van der Waals surface area contributed by atoms with E-state index in [1.165, 1.54) is 6.08 Å². The van der Waals surface area contributed by atoms with Crippen LogP contribution in [-0.2, 0) is 0 Å². The van der Waals surface area contributed by atoms with E-state index < -0.39 is 0 Å². The minimum absolute atomic E-state index is 0.0885. The normalized spacial score (nSPS) is 12.6. The van der Waals surface area contributed by atoms with E-state index in [4.69, 9.17) is 9.47 Å². The fraction of sp³-hybridized carbons (Fsp3) is 0.118. The third-order valence-corrected chi connectivity index (χ3v) is 3.28. The van der Waals surface area contributed by atoms with E-state index in [0.717, 1.165) is 11.3 Å². The van der Waals surface area contributed by atoms with E-state index in [9.17, 15) is 4.79 Å². The number of carbonyl (C=O) groups excluding carboxylic acids is 1. The largest absolute Gasteiger partial charge is 0.454 e. The highest BCUT2D eigenvalue weighted by molar-refractivity contribution is 6.05. The molecule has 21 heavy (non-hydrogen) atoms. The maximum atomic E-state index is 12.1. The molecule has 0 amide bonds. The Morgan fingerprint density at radius 2 is 1.95 bits per heavy atom. The molecule has 2 aromatic rings. The smallest absolute Gasteiger partial charge is 0.231 e. The number of benzene rings is 2. The first-order valence-corrected chi connectivity index (χ1v) is 6.67. The van der Waals surface area contributed by atoms with E-state index in [1.807, 2.05) is 31.2 Å². The van der Waals surface area contributed by atoms with E-state index >= 15 is 0 Å². The van der Waals surface area contributed by atoms with E-state index in [2.05, 4.69) is 5.32 Å². The van der Waals surface area contributed by atoms with Crippen LogP contribution in [-0.4, -0.2) is 12.6 Å². The lowest BCUT2D eigenvalue weighted by Gasteiger charge is -2.04. The molecule has 0 saturated heterocycles. The number of hydrogen-bond donors (Lipinski definition) is 1. The van der Waals surface area contributed by atoms with Crippen molar-refractivity contribution in [1.82, 2.24) is 0 Å². The lowest BCUT2D eigenvalue weighted by atomic mass is 10.1. The van der Waals surface area contributed by atoms with Crippen LogP contribution in [0.25, 0.3) is 0 Å². The third-order valence-electron chi connectivity index (χ3n) is 3.28. The summed E-state index contributed by atoms with van der Waals surface area (Å²) in [7, 11) is 0. The average molecular weight is 281 g/mol. The molecular weight excluding hydrogens is 266 g/mol. The molecule has 4 heteroatoms. The number of carbonyl (C=O) groups is 1. The van der Waals surface area contributed by atoms with Crippen molar-refractivity contribution in [2.24, 2.45) is 0 Å². The van der Waals surface area contributed by atoms with Crippen LogP contribution in [0.15, 0.2) is 54.7 Å². The van der Waals surface area contributed by atoms with Crippen LogP contribution in [0, 0.1) is 6.92 Å². The standard InChI is InChI=1S/C17H15NO3/c1-12-4-2-3-5-14(12)18-9-8-15(19)13-6-7-16-17(10-13)21-11-20-16/h2-10,18H,11H2,1H3/b9-8-. The molecule has 106 valence electrons. The molecule has 0 spiro atoms. The van der Waals surface area contributed by atoms with Crippen LogP contribution < -0.4 is 14.8 Å². The Hall–Kier alpha value is -2.75. The Balaban J connectivity index is 1.69. The lowest BCUT2D eigenvalue weighted by Crippen LogP contribution is -1.97. The number of fused-ring (bicyclic) bond motifs is 1. The van der Waals surface area contributed by atoms with Crippen LogP contribution in [0.4, 0.5) is 5.69 Å². The molecule has 0 aromatic heterocycles. The number of rotatable bonds is 4. The number of nitrogens with one attached hydrogen (secondary N) is 1. The molecule has 0 fully saturated rings. The first-order valence-electron chi connectivity index (χ1n) is 6.67. The molecule has 1 N–H and O–H groups in total. The summed E-state index contributed by atoms with van der Waals surface area (Å²) in [5.41, 5.74) is 2.67. The van der Waals surface area contributed by atoms with Gasteiger partial charge in [-0.1, -0.05) is 18.2 Å². The maximum absolute atomic E-state index is 12.1. The predicted octanol–water partition coefficient (Wildman–Crippen LogP) is 3.53. The summed E-state index contributed by atoms with van der Waals surface area (Å²) in [6.07, 6.45) is 3.15. The minimum Gasteiger partial charge on any atom is -0.454 e. The van der Waals surface area contributed by atoms with Crippen molar-refractivity contribution in [3.8, 4) is 11.5 Å². The van der Waals surface area contributed by atoms with Crippen LogP contribution in [0.2, 0.25) is 0 Å². The zero-order valence-corrected chi connectivity index (χ0v) is 11.6. The van der Waals surface area contributed by atoms with Crippen LogP contribution in [0.3, 0.4) is 0 Å². The number of para-hydroxylation sites is 1. The summed E-state index contributed by atoms with van der Waals surface area (Å²) in [5, 5.41) is 3.11. The molecule has 0 atom stereocenters. The van der Waals surface area contributed by atoms with Crippen molar-refractivity contribution in [3.05, 3.63) is 65.9 Å². The Labute approximate surface area is 123 Å². The molecule has 2 aromatic carbocycles. The van der Waals surface area contributed by atoms with Gasteiger partial charge in [0.25, 0.3) is 0 Å². The van der Waals surface area contributed by atoms with Gasteiger partial charge in [0.15, 0.2) is 17.3 Å². The second-order valence-electron chi connectivity index (χ2n) is 4.72. The summed E-state index contributed by atoms with van der Waals surface area (Å²) in [6.45, 7) is 2.22. The molecule has 0 bridgehead atoms. The van der Waals surface area contributed by atoms with Gasteiger partial charge in [-0.3, -0.25) is 4.79 Å². The fourth-order valence-electron chi connectivity index (χ4n) is 2.09. The van der Waals surface area contributed by atoms with Gasteiger partial charge < -0.3 is 14.8 Å². The molecule has 1 aliphatic heterocycles. The fourth-order valence-corrected chi connectivity index (χ4v) is 2.09. The summed E-state index contributed by atoms with van der Waals surface area (Å²) < 4.78 is 10.5. The number of anilines is 1. The molecule has 0 unspecified atom stereocenters. The first-order chi connectivity index (χ1) is 10.2. The summed E-state index contributed by atoms with van der Waals surface area (Å²) in [5.74, 6) is 1.20. The lowest BCUT2D eigenvalue weighted by molar-refractivity contribution is 0.104. The van der Waals surface area contributed by atoms with Gasteiger partial charge in [0.05, 0.1) is 0 Å². The van der Waals surface area contributed by atoms with E-state index in [1.54, 1.807) is 24.4 Å². The first kappa shape index (κ1) is 13.2. The molecule has 4 nitrogen and oxygen atoms in total. The van der Waals surface area contributed by atoms with Crippen molar-refractivity contribution in [1.29, 1.82) is 0 Å². The second-order valence-corrected chi connectivity index (χ2v) is 4.72. The van der Waals surface area contributed by atoms with Crippen molar-refractivity contribution < 1.29 is 14.3 Å². The highest BCUT2D eigenvalue weighted by Gasteiger charge is 2.14. The second kappa shape index (κ2) is 5.71. The number of hydrogen-bond acceptors (Lipinski definition) is 4. The number of ether oxygens (including phenoxy) is 2. The predicted molar refractivity (Wildman–Crippen MR) is 80.8 cm³/mol. The Kier molecular flexibility index (Phi) is 3.60. The summed E-state index contributed by atoms with van der Waals surface area (Å²) >= 11 is 0. The summed E-state index contributed by atoms with van der Waals surface area (Å²) in [4.78, 5) is 12.1. The van der Waals surface area contributed by atoms with Gasteiger partial charge in [-0.05, 0) is 36.8 Å². The molecule has 3 rings (SSSR count). The Morgan fingerprint density at radius 3 is 2.81 bits per heavy atom. The van der Waals surface area contributed by atoms with Gasteiger partial charge in [-0.15, -0.1) is 0 Å². The van der Waals surface area contributed by atoms with Crippen molar-refractivity contribution >= 4 is 11.5 Å². The van der Waals surface area contributed by atoms with E-state index in [0.29, 0.717) is 17.1 Å². The highest BCUT2D eigenvalue weighted by atomic mass is 16.7. The average Bonchev–Trinajstić information content (AvgIpc) is 2.96. The summed E-state index contributed by atoms with van der Waals surface area (Å²) in [6, 6.07) is 13.1. The van der Waals surface area contributed by atoms with Crippen LogP contribution in [0.1, 0.15) is 15.9 Å². The molecule has 1 aliphatic rings. The molecular formula is C17H15NO3. The number of ketones is 1. The number of aryl methyl sites for hydroxylation is 1. The van der Waals surface area contributed by atoms with Crippen LogP contribution >= 0.6 is 0 Å².